The molecule has 2 aromatic carbocycles. The third kappa shape index (κ3) is 5.65. The van der Waals surface area contributed by atoms with Crippen molar-refractivity contribution in [2.24, 2.45) is 0 Å². The van der Waals surface area contributed by atoms with Crippen LogP contribution in [0.5, 0.6) is 0 Å². The van der Waals surface area contributed by atoms with Gasteiger partial charge in [0.2, 0.25) is 0 Å². The monoisotopic (exact) mass is 390 g/mol. The Morgan fingerprint density at radius 3 is 2.38 bits per heavy atom. The van der Waals surface area contributed by atoms with Gasteiger partial charge >= 0.3 is 0 Å². The van der Waals surface area contributed by atoms with Crippen molar-refractivity contribution in [2.75, 3.05) is 13.7 Å². The first-order valence-electron chi connectivity index (χ1n) is 9.71. The predicted octanol–water partition coefficient (Wildman–Crippen LogP) is 3.52. The van der Waals surface area contributed by atoms with Gasteiger partial charge in [0.15, 0.2) is 0 Å². The number of ether oxygens (including phenoxy) is 1. The molecule has 1 heterocycles. The molecule has 1 atom stereocenters. The van der Waals surface area contributed by atoms with E-state index in [1.54, 1.807) is 19.4 Å². The van der Waals surface area contributed by atoms with E-state index in [1.807, 2.05) is 25.1 Å². The third-order valence-corrected chi connectivity index (χ3v) is 4.76. The number of nitrogens with one attached hydrogen (secondary N) is 1. The second-order valence-corrected chi connectivity index (χ2v) is 7.08. The van der Waals surface area contributed by atoms with E-state index in [0.29, 0.717) is 18.7 Å². The molecule has 0 saturated carbocycles. The Kier molecular flexibility index (Phi) is 6.98. The van der Waals surface area contributed by atoms with E-state index in [1.165, 1.54) is 21.8 Å². The van der Waals surface area contributed by atoms with Crippen LogP contribution in [0, 0.1) is 0 Å². The van der Waals surface area contributed by atoms with Crippen LogP contribution < -0.4 is 10.9 Å². The SMILES string of the molecule is COCCn1cc(C(=O)N[C@H](C)Cc2ccc(-c3ccccc3)cc2)ccc1=O. The first kappa shape index (κ1) is 20.6. The number of aromatic nitrogens is 1. The van der Waals surface area contributed by atoms with Crippen LogP contribution in [0.2, 0.25) is 0 Å². The molecule has 1 N–H and O–H groups in total. The highest BCUT2D eigenvalue weighted by molar-refractivity contribution is 5.94. The minimum Gasteiger partial charge on any atom is -0.383 e. The summed E-state index contributed by atoms with van der Waals surface area (Å²) in [5, 5.41) is 3.01. The minimum absolute atomic E-state index is 0.0376. The quantitative estimate of drug-likeness (QED) is 0.640. The average molecular weight is 390 g/mol. The fourth-order valence-electron chi connectivity index (χ4n) is 3.21. The topological polar surface area (TPSA) is 60.3 Å². The first-order chi connectivity index (χ1) is 14.1. The number of amides is 1. The summed E-state index contributed by atoms with van der Waals surface area (Å²) in [6.07, 6.45) is 2.31. The van der Waals surface area contributed by atoms with Crippen LogP contribution in [0.25, 0.3) is 11.1 Å². The Morgan fingerprint density at radius 2 is 1.69 bits per heavy atom. The summed E-state index contributed by atoms with van der Waals surface area (Å²) < 4.78 is 6.50. The Morgan fingerprint density at radius 1 is 1.00 bits per heavy atom. The molecule has 5 nitrogen and oxygen atoms in total. The summed E-state index contributed by atoms with van der Waals surface area (Å²) >= 11 is 0. The minimum atomic E-state index is -0.190. The Balaban J connectivity index is 1.61. The molecular formula is C24H26N2O3. The Hall–Kier alpha value is -3.18. The van der Waals surface area contributed by atoms with Crippen molar-refractivity contribution in [3.63, 3.8) is 0 Å². The van der Waals surface area contributed by atoms with Gasteiger partial charge in [-0.3, -0.25) is 9.59 Å². The molecule has 0 radical (unpaired) electrons. The van der Waals surface area contributed by atoms with Crippen LogP contribution in [0.4, 0.5) is 0 Å². The molecule has 3 aromatic rings. The van der Waals surface area contributed by atoms with Crippen LogP contribution in [-0.2, 0) is 17.7 Å². The summed E-state index contributed by atoms with van der Waals surface area (Å²) in [5.41, 5.74) is 3.83. The number of hydrogen-bond donors (Lipinski definition) is 1. The van der Waals surface area contributed by atoms with Gasteiger partial charge in [0, 0.05) is 32.0 Å². The first-order valence-corrected chi connectivity index (χ1v) is 9.71. The number of carbonyl (C=O) groups excluding carboxylic acids is 1. The van der Waals surface area contributed by atoms with E-state index in [9.17, 15) is 9.59 Å². The highest BCUT2D eigenvalue weighted by atomic mass is 16.5. The molecule has 3 rings (SSSR count). The summed E-state index contributed by atoms with van der Waals surface area (Å²) in [7, 11) is 1.58. The molecule has 0 fully saturated rings. The number of hydrogen-bond acceptors (Lipinski definition) is 3. The molecule has 0 aliphatic heterocycles. The van der Waals surface area contributed by atoms with E-state index in [2.05, 4.69) is 41.7 Å². The maximum atomic E-state index is 12.6. The van der Waals surface area contributed by atoms with Crippen LogP contribution in [0.3, 0.4) is 0 Å². The highest BCUT2D eigenvalue weighted by Crippen LogP contribution is 2.19. The molecule has 5 heteroatoms. The zero-order valence-corrected chi connectivity index (χ0v) is 16.8. The van der Waals surface area contributed by atoms with Crippen molar-refractivity contribution in [1.82, 2.24) is 9.88 Å². The molecule has 0 unspecified atom stereocenters. The lowest BCUT2D eigenvalue weighted by atomic mass is 10.0. The van der Waals surface area contributed by atoms with Gasteiger partial charge < -0.3 is 14.6 Å². The maximum absolute atomic E-state index is 12.6. The summed E-state index contributed by atoms with van der Waals surface area (Å²) in [6.45, 7) is 2.81. The molecule has 29 heavy (non-hydrogen) atoms. The van der Waals surface area contributed by atoms with Crippen LogP contribution in [0.1, 0.15) is 22.8 Å². The second kappa shape index (κ2) is 9.85. The van der Waals surface area contributed by atoms with E-state index in [-0.39, 0.29) is 17.5 Å². The van der Waals surface area contributed by atoms with Crippen LogP contribution in [0.15, 0.2) is 77.7 Å². The number of pyridine rings is 1. The van der Waals surface area contributed by atoms with E-state index in [4.69, 9.17) is 4.74 Å². The number of methoxy groups -OCH3 is 1. The van der Waals surface area contributed by atoms with Crippen molar-refractivity contribution in [3.8, 4) is 11.1 Å². The zero-order chi connectivity index (χ0) is 20.6. The number of carbonyl (C=O) groups is 1. The lowest BCUT2D eigenvalue weighted by Crippen LogP contribution is -2.35. The normalized spacial score (nSPS) is 11.8. The molecular weight excluding hydrogens is 364 g/mol. The maximum Gasteiger partial charge on any atom is 0.252 e. The number of benzene rings is 2. The standard InChI is InChI=1S/C24H26N2O3/c1-18(16-19-8-10-21(11-9-19)20-6-4-3-5-7-20)25-24(28)22-12-13-23(27)26(17-22)14-15-29-2/h3-13,17-18H,14-16H2,1-2H3,(H,25,28)/t18-/m1/s1. The van der Waals surface area contributed by atoms with Gasteiger partial charge in [0.1, 0.15) is 0 Å². The van der Waals surface area contributed by atoms with E-state index < -0.39 is 0 Å². The Labute approximate surface area is 171 Å². The fraction of sp³-hybridized carbons (Fsp3) is 0.250. The van der Waals surface area contributed by atoms with Gasteiger partial charge in [-0.15, -0.1) is 0 Å². The molecule has 0 aliphatic carbocycles. The Bertz CT molecular complexity index is 995. The third-order valence-electron chi connectivity index (χ3n) is 4.76. The molecule has 0 aliphatic rings. The summed E-state index contributed by atoms with van der Waals surface area (Å²) in [5.74, 6) is -0.190. The van der Waals surface area contributed by atoms with Crippen LogP contribution >= 0.6 is 0 Å². The lowest BCUT2D eigenvalue weighted by Gasteiger charge is -2.15. The van der Waals surface area contributed by atoms with Gasteiger partial charge in [-0.05, 0) is 36.1 Å². The molecule has 1 aromatic heterocycles. The second-order valence-electron chi connectivity index (χ2n) is 7.08. The lowest BCUT2D eigenvalue weighted by molar-refractivity contribution is 0.0939. The van der Waals surface area contributed by atoms with Crippen molar-refractivity contribution in [1.29, 1.82) is 0 Å². The average Bonchev–Trinajstić information content (AvgIpc) is 2.74. The molecule has 0 bridgehead atoms. The summed E-state index contributed by atoms with van der Waals surface area (Å²) in [4.78, 5) is 24.4. The highest BCUT2D eigenvalue weighted by Gasteiger charge is 2.12. The van der Waals surface area contributed by atoms with Gasteiger partial charge in [0.25, 0.3) is 11.5 Å². The molecule has 0 saturated heterocycles. The van der Waals surface area contributed by atoms with Crippen molar-refractivity contribution >= 4 is 5.91 Å². The number of rotatable bonds is 8. The number of nitrogens with zero attached hydrogens (tertiary/aromatic N) is 1. The van der Waals surface area contributed by atoms with E-state index >= 15 is 0 Å². The fourth-order valence-corrected chi connectivity index (χ4v) is 3.21. The molecule has 1 amide bonds. The summed E-state index contributed by atoms with van der Waals surface area (Å²) in [6, 6.07) is 21.6. The molecule has 0 spiro atoms. The van der Waals surface area contributed by atoms with Gasteiger partial charge in [-0.25, -0.2) is 0 Å². The predicted molar refractivity (Wildman–Crippen MR) is 115 cm³/mol. The zero-order valence-electron chi connectivity index (χ0n) is 16.8. The smallest absolute Gasteiger partial charge is 0.252 e. The van der Waals surface area contributed by atoms with Gasteiger partial charge in [-0.1, -0.05) is 54.6 Å². The molecule has 150 valence electrons. The largest absolute Gasteiger partial charge is 0.383 e. The van der Waals surface area contributed by atoms with Crippen LogP contribution in [-0.4, -0.2) is 30.2 Å². The van der Waals surface area contributed by atoms with Crippen molar-refractivity contribution in [2.45, 2.75) is 25.9 Å². The van der Waals surface area contributed by atoms with E-state index in [0.717, 1.165) is 12.0 Å². The van der Waals surface area contributed by atoms with Crippen molar-refractivity contribution in [3.05, 3.63) is 94.4 Å². The van der Waals surface area contributed by atoms with Gasteiger partial charge in [0.05, 0.1) is 12.2 Å². The van der Waals surface area contributed by atoms with Crippen molar-refractivity contribution < 1.29 is 9.53 Å². The van der Waals surface area contributed by atoms with Gasteiger partial charge in [-0.2, -0.15) is 0 Å².